The lowest BCUT2D eigenvalue weighted by Crippen LogP contribution is -2.24. The van der Waals surface area contributed by atoms with E-state index in [1.54, 1.807) is 36.7 Å². The Labute approximate surface area is 179 Å². The van der Waals surface area contributed by atoms with Crippen molar-refractivity contribution < 1.29 is 4.79 Å². The lowest BCUT2D eigenvalue weighted by atomic mass is 10.2. The molecule has 6 nitrogen and oxygen atoms in total. The maximum absolute atomic E-state index is 12.0. The van der Waals surface area contributed by atoms with Crippen LogP contribution in [0.15, 0.2) is 72.0 Å². The van der Waals surface area contributed by atoms with Gasteiger partial charge in [0.05, 0.1) is 11.7 Å². The number of hydrogen-bond donors (Lipinski definition) is 2. The molecule has 0 unspecified atom stereocenters. The largest absolute Gasteiger partial charge is 0.339 e. The molecule has 0 saturated heterocycles. The van der Waals surface area contributed by atoms with Crippen LogP contribution in [0.1, 0.15) is 17.0 Å². The zero-order valence-corrected chi connectivity index (χ0v) is 17.3. The topological polar surface area (TPSA) is 71.3 Å². The van der Waals surface area contributed by atoms with Crippen molar-refractivity contribution in [2.45, 2.75) is 13.8 Å². The molecule has 0 spiro atoms. The maximum Gasteiger partial charge on any atom is 0.339 e. The van der Waals surface area contributed by atoms with Crippen LogP contribution in [0.4, 0.5) is 10.5 Å². The molecule has 0 fully saturated rings. The fourth-order valence-electron chi connectivity index (χ4n) is 3.37. The molecule has 0 saturated carbocycles. The first kappa shape index (κ1) is 19.7. The van der Waals surface area contributed by atoms with Crippen molar-refractivity contribution in [1.29, 1.82) is 0 Å². The summed E-state index contributed by atoms with van der Waals surface area (Å²) in [6, 6.07) is 18.6. The number of pyridine rings is 1. The van der Waals surface area contributed by atoms with E-state index in [0.29, 0.717) is 10.7 Å². The van der Waals surface area contributed by atoms with E-state index in [4.69, 9.17) is 11.6 Å². The molecule has 150 valence electrons. The van der Waals surface area contributed by atoms with Crippen LogP contribution in [0.2, 0.25) is 5.02 Å². The number of fused-ring (bicyclic) bond motifs is 1. The first-order valence-corrected chi connectivity index (χ1v) is 9.79. The van der Waals surface area contributed by atoms with Crippen molar-refractivity contribution in [1.82, 2.24) is 15.0 Å². The Kier molecular flexibility index (Phi) is 5.50. The molecule has 4 aromatic rings. The highest BCUT2D eigenvalue weighted by Crippen LogP contribution is 2.23. The SMILES string of the molecule is Cc1cc(/C=N/NC(=O)Nc2ccc(Cl)cc2)c(C)n1-c1ccc2ncccc2c1. The summed E-state index contributed by atoms with van der Waals surface area (Å²) in [4.78, 5) is 16.4. The molecule has 7 heteroatoms. The van der Waals surface area contributed by atoms with Gasteiger partial charge in [-0.2, -0.15) is 5.10 Å². The second kappa shape index (κ2) is 8.39. The van der Waals surface area contributed by atoms with Gasteiger partial charge < -0.3 is 9.88 Å². The van der Waals surface area contributed by atoms with Gasteiger partial charge in [0.15, 0.2) is 0 Å². The predicted octanol–water partition coefficient (Wildman–Crippen LogP) is 5.45. The lowest BCUT2D eigenvalue weighted by molar-refractivity contribution is 0.252. The first-order chi connectivity index (χ1) is 14.5. The number of amides is 2. The molecule has 2 aromatic carbocycles. The normalized spacial score (nSPS) is 11.2. The van der Waals surface area contributed by atoms with Gasteiger partial charge >= 0.3 is 6.03 Å². The molecule has 2 aromatic heterocycles. The third-order valence-corrected chi connectivity index (χ3v) is 5.04. The fraction of sp³-hybridized carbons (Fsp3) is 0.0870. The Morgan fingerprint density at radius 3 is 2.70 bits per heavy atom. The minimum atomic E-state index is -0.426. The second-order valence-electron chi connectivity index (χ2n) is 6.87. The van der Waals surface area contributed by atoms with Crippen LogP contribution >= 0.6 is 11.6 Å². The van der Waals surface area contributed by atoms with Gasteiger partial charge in [-0.1, -0.05) is 17.7 Å². The molecule has 0 aliphatic heterocycles. The summed E-state index contributed by atoms with van der Waals surface area (Å²) in [5, 5.41) is 8.46. The van der Waals surface area contributed by atoms with E-state index >= 15 is 0 Å². The minimum absolute atomic E-state index is 0.426. The smallest absolute Gasteiger partial charge is 0.318 e. The van der Waals surface area contributed by atoms with Gasteiger partial charge in [-0.3, -0.25) is 4.98 Å². The minimum Gasteiger partial charge on any atom is -0.318 e. The summed E-state index contributed by atoms with van der Waals surface area (Å²) in [7, 11) is 0. The molecule has 2 heterocycles. The predicted molar refractivity (Wildman–Crippen MR) is 122 cm³/mol. The highest BCUT2D eigenvalue weighted by Gasteiger charge is 2.10. The van der Waals surface area contributed by atoms with Gasteiger partial charge in [0.1, 0.15) is 0 Å². The van der Waals surface area contributed by atoms with Crippen LogP contribution in [-0.4, -0.2) is 21.8 Å². The van der Waals surface area contributed by atoms with E-state index in [1.807, 2.05) is 44.2 Å². The Morgan fingerprint density at radius 2 is 1.90 bits per heavy atom. The standard InChI is InChI=1S/C23H20ClN5O/c1-15-12-18(14-26-28-23(30)27-20-7-5-19(24)6-8-20)16(2)29(15)21-9-10-22-17(13-21)4-3-11-25-22/h3-14H,1-2H3,(H2,27,28,30)/b26-14+. The van der Waals surface area contributed by atoms with Crippen molar-refractivity contribution in [3.05, 3.63) is 88.8 Å². The number of carbonyl (C=O) groups excluding carboxylic acids is 1. The number of nitrogens with one attached hydrogen (secondary N) is 2. The van der Waals surface area contributed by atoms with E-state index < -0.39 is 6.03 Å². The van der Waals surface area contributed by atoms with E-state index in [-0.39, 0.29) is 0 Å². The van der Waals surface area contributed by atoms with Gasteiger partial charge in [-0.15, -0.1) is 0 Å². The zero-order valence-electron chi connectivity index (χ0n) is 16.6. The number of aryl methyl sites for hydroxylation is 1. The number of urea groups is 1. The van der Waals surface area contributed by atoms with Gasteiger partial charge in [0.2, 0.25) is 0 Å². The molecule has 2 amide bonds. The molecule has 4 rings (SSSR count). The number of rotatable bonds is 4. The Balaban J connectivity index is 1.50. The molecule has 0 radical (unpaired) electrons. The zero-order chi connectivity index (χ0) is 21.1. The quantitative estimate of drug-likeness (QED) is 0.342. The molecule has 0 bridgehead atoms. The van der Waals surface area contributed by atoms with Crippen molar-refractivity contribution in [3.63, 3.8) is 0 Å². The van der Waals surface area contributed by atoms with Crippen LogP contribution in [-0.2, 0) is 0 Å². The number of hydrogen-bond acceptors (Lipinski definition) is 3. The molecule has 2 N–H and O–H groups in total. The van der Waals surface area contributed by atoms with E-state index in [9.17, 15) is 4.79 Å². The Hall–Kier alpha value is -3.64. The molecule has 0 aliphatic carbocycles. The summed E-state index contributed by atoms with van der Waals surface area (Å²) in [6.07, 6.45) is 3.43. The van der Waals surface area contributed by atoms with Gasteiger partial charge in [0, 0.05) is 44.9 Å². The van der Waals surface area contributed by atoms with Crippen molar-refractivity contribution in [2.24, 2.45) is 5.10 Å². The average Bonchev–Trinajstić information content (AvgIpc) is 3.02. The summed E-state index contributed by atoms with van der Waals surface area (Å²) >= 11 is 5.85. The van der Waals surface area contributed by atoms with Gasteiger partial charge in [-0.25, -0.2) is 10.2 Å². The van der Waals surface area contributed by atoms with Crippen LogP contribution in [0.5, 0.6) is 0 Å². The number of anilines is 1. The number of aromatic nitrogens is 2. The van der Waals surface area contributed by atoms with Gasteiger partial charge in [0.25, 0.3) is 0 Å². The third kappa shape index (κ3) is 4.18. The van der Waals surface area contributed by atoms with Crippen LogP contribution in [0.3, 0.4) is 0 Å². The van der Waals surface area contributed by atoms with Crippen LogP contribution in [0.25, 0.3) is 16.6 Å². The van der Waals surface area contributed by atoms with E-state index in [2.05, 4.69) is 31.5 Å². The molecule has 30 heavy (non-hydrogen) atoms. The summed E-state index contributed by atoms with van der Waals surface area (Å²) in [5.41, 5.74) is 8.15. The molecule has 0 atom stereocenters. The number of halogens is 1. The number of nitrogens with zero attached hydrogens (tertiary/aromatic N) is 3. The summed E-state index contributed by atoms with van der Waals surface area (Å²) < 4.78 is 2.15. The van der Waals surface area contributed by atoms with Crippen molar-refractivity contribution in [3.8, 4) is 5.69 Å². The summed E-state index contributed by atoms with van der Waals surface area (Å²) in [5.74, 6) is 0. The number of hydrazone groups is 1. The van der Waals surface area contributed by atoms with Crippen LogP contribution < -0.4 is 10.7 Å². The van der Waals surface area contributed by atoms with Crippen LogP contribution in [0, 0.1) is 13.8 Å². The molecular weight excluding hydrogens is 398 g/mol. The number of benzene rings is 2. The summed E-state index contributed by atoms with van der Waals surface area (Å²) in [6.45, 7) is 4.06. The van der Waals surface area contributed by atoms with E-state index in [0.717, 1.165) is 33.5 Å². The highest BCUT2D eigenvalue weighted by molar-refractivity contribution is 6.30. The van der Waals surface area contributed by atoms with Crippen molar-refractivity contribution >= 4 is 40.4 Å². The number of carbonyl (C=O) groups is 1. The van der Waals surface area contributed by atoms with E-state index in [1.165, 1.54) is 0 Å². The lowest BCUT2D eigenvalue weighted by Gasteiger charge is -2.10. The highest BCUT2D eigenvalue weighted by atomic mass is 35.5. The molecule has 0 aliphatic rings. The fourth-order valence-corrected chi connectivity index (χ4v) is 3.50. The third-order valence-electron chi connectivity index (χ3n) is 4.79. The van der Waals surface area contributed by atoms with Crippen molar-refractivity contribution in [2.75, 3.05) is 5.32 Å². The Morgan fingerprint density at radius 1 is 1.10 bits per heavy atom. The maximum atomic E-state index is 12.0. The second-order valence-corrected chi connectivity index (χ2v) is 7.31. The Bertz CT molecular complexity index is 1240. The monoisotopic (exact) mass is 417 g/mol. The van der Waals surface area contributed by atoms with Gasteiger partial charge in [-0.05, 0) is 68.4 Å². The average molecular weight is 418 g/mol. The molecular formula is C23H20ClN5O. The first-order valence-electron chi connectivity index (χ1n) is 9.41.